The van der Waals surface area contributed by atoms with Crippen molar-refractivity contribution in [3.8, 4) is 5.75 Å². The van der Waals surface area contributed by atoms with Crippen molar-refractivity contribution in [3.05, 3.63) is 29.3 Å². The highest BCUT2D eigenvalue weighted by Crippen LogP contribution is 2.33. The summed E-state index contributed by atoms with van der Waals surface area (Å²) in [5, 5.41) is 0. The van der Waals surface area contributed by atoms with E-state index in [1.807, 2.05) is 0 Å². The van der Waals surface area contributed by atoms with Crippen LogP contribution in [0.5, 0.6) is 5.75 Å². The van der Waals surface area contributed by atoms with Gasteiger partial charge in [0.05, 0.1) is 13.2 Å². The fourth-order valence-electron chi connectivity index (χ4n) is 2.72. The molecule has 1 aliphatic heterocycles. The molecule has 2 rings (SSSR count). The minimum Gasteiger partial charge on any atom is -0.496 e. The van der Waals surface area contributed by atoms with Crippen molar-refractivity contribution >= 4 is 0 Å². The van der Waals surface area contributed by atoms with Gasteiger partial charge in [0.2, 0.25) is 0 Å². The molecule has 0 radical (unpaired) electrons. The normalized spacial score (nSPS) is 21.9. The number of nitrogens with zero attached hydrogens (tertiary/aromatic N) is 2. The molecule has 0 spiro atoms. The Morgan fingerprint density at radius 3 is 2.58 bits per heavy atom. The van der Waals surface area contributed by atoms with Crippen molar-refractivity contribution in [2.45, 2.75) is 25.8 Å². The van der Waals surface area contributed by atoms with Crippen molar-refractivity contribution in [1.29, 1.82) is 0 Å². The van der Waals surface area contributed by atoms with Gasteiger partial charge in [-0.05, 0) is 31.6 Å². The molecule has 1 aromatic rings. The summed E-state index contributed by atoms with van der Waals surface area (Å²) in [6.07, 6.45) is 0. The molecule has 1 saturated heterocycles. The fraction of sp³-hybridized carbons (Fsp3) is 0.625. The van der Waals surface area contributed by atoms with Gasteiger partial charge in [0.1, 0.15) is 5.75 Å². The number of ether oxygens (including phenoxy) is 1. The highest BCUT2D eigenvalue weighted by Gasteiger charge is 2.26. The number of hydrogen-bond donors (Lipinski definition) is 0. The molecule has 0 aliphatic carbocycles. The maximum atomic E-state index is 5.57. The van der Waals surface area contributed by atoms with Crippen LogP contribution in [0.1, 0.15) is 36.9 Å². The van der Waals surface area contributed by atoms with Gasteiger partial charge >= 0.3 is 0 Å². The van der Waals surface area contributed by atoms with E-state index in [4.69, 9.17) is 4.74 Å². The highest BCUT2D eigenvalue weighted by molar-refractivity contribution is 5.41. The van der Waals surface area contributed by atoms with Crippen molar-refractivity contribution in [3.63, 3.8) is 0 Å². The Balaban J connectivity index is 2.37. The molecule has 0 saturated carbocycles. The zero-order valence-electron chi connectivity index (χ0n) is 12.8. The Morgan fingerprint density at radius 2 is 1.95 bits per heavy atom. The van der Waals surface area contributed by atoms with Gasteiger partial charge in [-0.25, -0.2) is 0 Å². The predicted molar refractivity (Wildman–Crippen MR) is 80.0 cm³/mol. The molecule has 0 N–H and O–H groups in total. The number of rotatable bonds is 3. The SMILES string of the molecule is COc1ccc(C(C)C)cc1C1CN(C)CCN1C. The van der Waals surface area contributed by atoms with Crippen LogP contribution in [-0.4, -0.2) is 50.6 Å². The van der Waals surface area contributed by atoms with Crippen LogP contribution in [0.4, 0.5) is 0 Å². The predicted octanol–water partition coefficient (Wildman–Crippen LogP) is 2.74. The Labute approximate surface area is 117 Å². The molecule has 3 nitrogen and oxygen atoms in total. The lowest BCUT2D eigenvalue weighted by molar-refractivity contribution is 0.113. The van der Waals surface area contributed by atoms with Gasteiger partial charge in [0, 0.05) is 25.2 Å². The van der Waals surface area contributed by atoms with Crippen LogP contribution in [0.2, 0.25) is 0 Å². The summed E-state index contributed by atoms with van der Waals surface area (Å²) in [5.41, 5.74) is 2.71. The molecule has 1 unspecified atom stereocenters. The first-order chi connectivity index (χ1) is 9.02. The molecule has 1 fully saturated rings. The van der Waals surface area contributed by atoms with E-state index in [0.29, 0.717) is 12.0 Å². The van der Waals surface area contributed by atoms with Crippen LogP contribution in [0, 0.1) is 0 Å². The van der Waals surface area contributed by atoms with Gasteiger partial charge < -0.3 is 9.64 Å². The van der Waals surface area contributed by atoms with Crippen LogP contribution in [0.15, 0.2) is 18.2 Å². The van der Waals surface area contributed by atoms with Crippen LogP contribution >= 0.6 is 0 Å². The van der Waals surface area contributed by atoms with E-state index in [0.717, 1.165) is 25.4 Å². The molecule has 3 heteroatoms. The minimum absolute atomic E-state index is 0.424. The third kappa shape index (κ3) is 3.10. The van der Waals surface area contributed by atoms with Gasteiger partial charge in [-0.2, -0.15) is 0 Å². The zero-order valence-corrected chi connectivity index (χ0v) is 12.8. The molecule has 0 amide bonds. The summed E-state index contributed by atoms with van der Waals surface area (Å²) in [4.78, 5) is 4.83. The van der Waals surface area contributed by atoms with Crippen molar-refractivity contribution in [1.82, 2.24) is 9.80 Å². The Hall–Kier alpha value is -1.06. The van der Waals surface area contributed by atoms with E-state index in [9.17, 15) is 0 Å². The summed E-state index contributed by atoms with van der Waals surface area (Å²) in [5.74, 6) is 1.56. The standard InChI is InChI=1S/C16H26N2O/c1-12(2)13-6-7-16(19-5)14(10-13)15-11-17(3)8-9-18(15)4/h6-7,10,12,15H,8-9,11H2,1-5H3. The van der Waals surface area contributed by atoms with E-state index in [2.05, 4.69) is 55.9 Å². The maximum absolute atomic E-state index is 5.57. The molecule has 0 aromatic heterocycles. The van der Waals surface area contributed by atoms with E-state index in [1.54, 1.807) is 7.11 Å². The zero-order chi connectivity index (χ0) is 14.0. The third-order valence-electron chi connectivity index (χ3n) is 4.13. The molecule has 19 heavy (non-hydrogen) atoms. The first-order valence-electron chi connectivity index (χ1n) is 7.09. The smallest absolute Gasteiger partial charge is 0.123 e. The second kappa shape index (κ2) is 5.93. The van der Waals surface area contributed by atoms with Crippen molar-refractivity contribution in [2.75, 3.05) is 40.8 Å². The average molecular weight is 262 g/mol. The summed E-state index contributed by atoms with van der Waals surface area (Å²) in [7, 11) is 6.17. The largest absolute Gasteiger partial charge is 0.496 e. The first kappa shape index (κ1) is 14.4. The Morgan fingerprint density at radius 1 is 1.21 bits per heavy atom. The summed E-state index contributed by atoms with van der Waals surface area (Å²) >= 11 is 0. The van der Waals surface area contributed by atoms with E-state index >= 15 is 0 Å². The van der Waals surface area contributed by atoms with Crippen LogP contribution in [0.3, 0.4) is 0 Å². The molecule has 0 bridgehead atoms. The monoisotopic (exact) mass is 262 g/mol. The van der Waals surface area contributed by atoms with Crippen molar-refractivity contribution < 1.29 is 4.74 Å². The number of piperazine rings is 1. The topological polar surface area (TPSA) is 15.7 Å². The molecule has 1 aromatic carbocycles. The number of methoxy groups -OCH3 is 1. The molecular weight excluding hydrogens is 236 g/mol. The van der Waals surface area contributed by atoms with Gasteiger partial charge in [0.25, 0.3) is 0 Å². The number of hydrogen-bond acceptors (Lipinski definition) is 3. The molecule has 1 atom stereocenters. The van der Waals surface area contributed by atoms with Crippen LogP contribution in [-0.2, 0) is 0 Å². The summed E-state index contributed by atoms with van der Waals surface area (Å²) < 4.78 is 5.57. The van der Waals surface area contributed by atoms with Gasteiger partial charge in [-0.1, -0.05) is 26.0 Å². The van der Waals surface area contributed by atoms with Crippen molar-refractivity contribution in [2.24, 2.45) is 0 Å². The van der Waals surface area contributed by atoms with Gasteiger partial charge in [-0.15, -0.1) is 0 Å². The second-order valence-corrected chi connectivity index (χ2v) is 5.91. The lowest BCUT2D eigenvalue weighted by Crippen LogP contribution is -2.44. The minimum atomic E-state index is 0.424. The van der Waals surface area contributed by atoms with Crippen LogP contribution < -0.4 is 4.74 Å². The second-order valence-electron chi connectivity index (χ2n) is 5.91. The van der Waals surface area contributed by atoms with Crippen LogP contribution in [0.25, 0.3) is 0 Å². The Kier molecular flexibility index (Phi) is 4.48. The Bertz CT molecular complexity index is 431. The number of likely N-dealkylation sites (N-methyl/N-ethyl adjacent to an activating group) is 2. The average Bonchev–Trinajstić information content (AvgIpc) is 2.40. The molecule has 1 aliphatic rings. The van der Waals surface area contributed by atoms with E-state index < -0.39 is 0 Å². The fourth-order valence-corrected chi connectivity index (χ4v) is 2.72. The van der Waals surface area contributed by atoms with E-state index in [1.165, 1.54) is 11.1 Å². The number of benzene rings is 1. The highest BCUT2D eigenvalue weighted by atomic mass is 16.5. The summed E-state index contributed by atoms with van der Waals surface area (Å²) in [6.45, 7) is 7.79. The van der Waals surface area contributed by atoms with Gasteiger partial charge in [0.15, 0.2) is 0 Å². The lowest BCUT2D eigenvalue weighted by Gasteiger charge is -2.38. The first-order valence-corrected chi connectivity index (χ1v) is 7.09. The molecule has 1 heterocycles. The molecular formula is C16H26N2O. The summed E-state index contributed by atoms with van der Waals surface area (Å²) in [6, 6.07) is 7.05. The quantitative estimate of drug-likeness (QED) is 0.833. The third-order valence-corrected chi connectivity index (χ3v) is 4.13. The lowest BCUT2D eigenvalue weighted by atomic mass is 9.95. The van der Waals surface area contributed by atoms with Gasteiger partial charge in [-0.3, -0.25) is 4.90 Å². The molecule has 106 valence electrons. The maximum Gasteiger partial charge on any atom is 0.123 e. The van der Waals surface area contributed by atoms with E-state index in [-0.39, 0.29) is 0 Å².